The van der Waals surface area contributed by atoms with E-state index in [9.17, 15) is 18.0 Å². The molecular formula is C30H35N3O5S2. The van der Waals surface area contributed by atoms with E-state index in [1.54, 1.807) is 60.7 Å². The number of hydrogen-bond acceptors (Lipinski definition) is 6. The molecule has 1 aliphatic rings. The molecule has 4 rings (SSSR count). The first kappa shape index (κ1) is 29.5. The van der Waals surface area contributed by atoms with Crippen LogP contribution in [0.2, 0.25) is 0 Å². The van der Waals surface area contributed by atoms with Gasteiger partial charge in [0.2, 0.25) is 5.91 Å². The standard InChI is InChI=1S/C30H35N3O5S2/c1-3-38-24-15-13-23(14-16-24)33(40(36,37)26-19-17-25(39-2)18-20-26)21-29(34)32-28-12-8-7-11-27(28)30(35)31-22-9-5-4-6-10-22/h7-8,11-20,22H,3-6,9-10,21H2,1-2H3,(H,31,35)(H,32,34). The number of carbonyl (C=O) groups excluding carboxylic acids is 2. The quantitative estimate of drug-likeness (QED) is 0.281. The van der Waals surface area contributed by atoms with Crippen molar-refractivity contribution in [3.8, 4) is 5.75 Å². The van der Waals surface area contributed by atoms with E-state index >= 15 is 0 Å². The smallest absolute Gasteiger partial charge is 0.264 e. The van der Waals surface area contributed by atoms with Gasteiger partial charge in [-0.2, -0.15) is 0 Å². The maximum Gasteiger partial charge on any atom is 0.264 e. The summed E-state index contributed by atoms with van der Waals surface area (Å²) in [6.07, 6.45) is 7.13. The molecule has 0 aliphatic heterocycles. The lowest BCUT2D eigenvalue weighted by Crippen LogP contribution is -2.39. The van der Waals surface area contributed by atoms with Gasteiger partial charge >= 0.3 is 0 Å². The van der Waals surface area contributed by atoms with Crippen molar-refractivity contribution in [2.24, 2.45) is 0 Å². The molecule has 0 radical (unpaired) electrons. The van der Waals surface area contributed by atoms with Crippen molar-refractivity contribution < 1.29 is 22.7 Å². The number of anilines is 2. The highest BCUT2D eigenvalue weighted by Crippen LogP contribution is 2.28. The predicted octanol–water partition coefficient (Wildman–Crippen LogP) is 5.70. The summed E-state index contributed by atoms with van der Waals surface area (Å²) >= 11 is 1.51. The van der Waals surface area contributed by atoms with Crippen LogP contribution < -0.4 is 19.7 Å². The molecule has 3 aromatic carbocycles. The largest absolute Gasteiger partial charge is 0.494 e. The zero-order valence-electron chi connectivity index (χ0n) is 22.8. The van der Waals surface area contributed by atoms with Crippen LogP contribution in [0.1, 0.15) is 49.4 Å². The molecule has 8 nitrogen and oxygen atoms in total. The van der Waals surface area contributed by atoms with E-state index < -0.39 is 22.5 Å². The Morgan fingerprint density at radius 2 is 1.62 bits per heavy atom. The molecular weight excluding hydrogens is 546 g/mol. The SMILES string of the molecule is CCOc1ccc(N(CC(=O)Nc2ccccc2C(=O)NC2CCCCC2)S(=O)(=O)c2ccc(SC)cc2)cc1. The zero-order chi connectivity index (χ0) is 28.5. The number of sulfonamides is 1. The fourth-order valence-electron chi connectivity index (χ4n) is 4.69. The lowest BCUT2D eigenvalue weighted by atomic mass is 9.95. The summed E-state index contributed by atoms with van der Waals surface area (Å²) in [5.74, 6) is -0.237. The van der Waals surface area contributed by atoms with Crippen molar-refractivity contribution >= 4 is 45.0 Å². The van der Waals surface area contributed by atoms with Crippen LogP contribution in [-0.2, 0) is 14.8 Å². The topological polar surface area (TPSA) is 105 Å². The summed E-state index contributed by atoms with van der Waals surface area (Å²) < 4.78 is 34.1. The van der Waals surface area contributed by atoms with Crippen LogP contribution in [0.15, 0.2) is 82.6 Å². The van der Waals surface area contributed by atoms with Gasteiger partial charge in [-0.25, -0.2) is 8.42 Å². The Kier molecular flexibility index (Phi) is 10.1. The molecule has 10 heteroatoms. The van der Waals surface area contributed by atoms with Crippen LogP contribution in [0.3, 0.4) is 0 Å². The van der Waals surface area contributed by atoms with Crippen molar-refractivity contribution in [3.63, 3.8) is 0 Å². The molecule has 1 saturated carbocycles. The van der Waals surface area contributed by atoms with Gasteiger partial charge in [0.25, 0.3) is 15.9 Å². The Bertz CT molecular complexity index is 1400. The van der Waals surface area contributed by atoms with Gasteiger partial charge in [-0.3, -0.25) is 13.9 Å². The maximum absolute atomic E-state index is 13.8. The minimum Gasteiger partial charge on any atom is -0.494 e. The summed E-state index contributed by atoms with van der Waals surface area (Å²) in [6.45, 7) is 1.85. The highest BCUT2D eigenvalue weighted by Gasteiger charge is 2.28. The summed E-state index contributed by atoms with van der Waals surface area (Å²) in [4.78, 5) is 27.4. The van der Waals surface area contributed by atoms with Gasteiger partial charge < -0.3 is 15.4 Å². The minimum absolute atomic E-state index is 0.0687. The normalized spacial score (nSPS) is 13.8. The number of amides is 2. The fourth-order valence-corrected chi connectivity index (χ4v) is 6.51. The average Bonchev–Trinajstić information content (AvgIpc) is 2.97. The number of hydrogen-bond donors (Lipinski definition) is 2. The second-order valence-corrected chi connectivity index (χ2v) is 12.3. The number of nitrogens with zero attached hydrogens (tertiary/aromatic N) is 1. The molecule has 1 aliphatic carbocycles. The molecule has 0 unspecified atom stereocenters. The lowest BCUT2D eigenvalue weighted by Gasteiger charge is -2.25. The zero-order valence-corrected chi connectivity index (χ0v) is 24.4. The number of benzene rings is 3. The monoisotopic (exact) mass is 581 g/mol. The van der Waals surface area contributed by atoms with Gasteiger partial charge in [0.15, 0.2) is 0 Å². The number of rotatable bonds is 11. The summed E-state index contributed by atoms with van der Waals surface area (Å²) in [5, 5.41) is 5.84. The van der Waals surface area contributed by atoms with E-state index in [2.05, 4.69) is 10.6 Å². The highest BCUT2D eigenvalue weighted by molar-refractivity contribution is 7.98. The van der Waals surface area contributed by atoms with Gasteiger partial charge in [-0.1, -0.05) is 31.4 Å². The second kappa shape index (κ2) is 13.7. The number of para-hydroxylation sites is 1. The Hall–Kier alpha value is -3.50. The minimum atomic E-state index is -4.09. The molecule has 0 heterocycles. The van der Waals surface area contributed by atoms with Crippen LogP contribution in [0.5, 0.6) is 5.75 Å². The van der Waals surface area contributed by atoms with Gasteiger partial charge in [-0.05, 0) is 86.7 Å². The molecule has 212 valence electrons. The first-order valence-electron chi connectivity index (χ1n) is 13.4. The third-order valence-corrected chi connectivity index (χ3v) is 9.29. The molecule has 3 aromatic rings. The molecule has 1 fully saturated rings. The molecule has 0 atom stereocenters. The predicted molar refractivity (Wildman–Crippen MR) is 160 cm³/mol. The van der Waals surface area contributed by atoms with Crippen molar-refractivity contribution in [1.82, 2.24) is 5.32 Å². The van der Waals surface area contributed by atoms with Gasteiger partial charge in [-0.15, -0.1) is 11.8 Å². The molecule has 40 heavy (non-hydrogen) atoms. The maximum atomic E-state index is 13.8. The average molecular weight is 582 g/mol. The summed E-state index contributed by atoms with van der Waals surface area (Å²) in [5.41, 5.74) is 0.981. The number of carbonyl (C=O) groups is 2. The number of nitrogens with one attached hydrogen (secondary N) is 2. The third kappa shape index (κ3) is 7.37. The number of thioether (sulfide) groups is 1. The second-order valence-electron chi connectivity index (χ2n) is 9.52. The molecule has 0 aromatic heterocycles. The molecule has 2 N–H and O–H groups in total. The van der Waals surface area contributed by atoms with Gasteiger partial charge in [0.1, 0.15) is 12.3 Å². The molecule has 0 bridgehead atoms. The first-order valence-corrected chi connectivity index (χ1v) is 16.1. The van der Waals surface area contributed by atoms with E-state index in [1.807, 2.05) is 13.2 Å². The molecule has 2 amide bonds. The Morgan fingerprint density at radius 1 is 0.950 bits per heavy atom. The van der Waals surface area contributed by atoms with Crippen molar-refractivity contribution in [3.05, 3.63) is 78.4 Å². The van der Waals surface area contributed by atoms with Crippen molar-refractivity contribution in [2.75, 3.05) is 29.0 Å². The van der Waals surface area contributed by atoms with Crippen LogP contribution >= 0.6 is 11.8 Å². The molecule has 0 saturated heterocycles. The van der Waals surface area contributed by atoms with E-state index in [0.29, 0.717) is 29.3 Å². The summed E-state index contributed by atoms with van der Waals surface area (Å²) in [7, 11) is -4.09. The van der Waals surface area contributed by atoms with E-state index in [1.165, 1.54) is 30.3 Å². The van der Waals surface area contributed by atoms with Crippen LogP contribution in [-0.4, -0.2) is 45.7 Å². The van der Waals surface area contributed by atoms with E-state index in [-0.39, 0.29) is 16.8 Å². The van der Waals surface area contributed by atoms with Crippen molar-refractivity contribution in [1.29, 1.82) is 0 Å². The lowest BCUT2D eigenvalue weighted by molar-refractivity contribution is -0.114. The van der Waals surface area contributed by atoms with Crippen LogP contribution in [0, 0.1) is 0 Å². The van der Waals surface area contributed by atoms with Crippen LogP contribution in [0.25, 0.3) is 0 Å². The van der Waals surface area contributed by atoms with Gasteiger partial charge in [0, 0.05) is 10.9 Å². The third-order valence-electron chi connectivity index (χ3n) is 6.76. The Balaban J connectivity index is 1.58. The first-order chi connectivity index (χ1) is 19.3. The molecule has 0 spiro atoms. The Morgan fingerprint density at radius 3 is 2.27 bits per heavy atom. The van der Waals surface area contributed by atoms with Crippen molar-refractivity contribution in [2.45, 2.75) is 54.9 Å². The van der Waals surface area contributed by atoms with Gasteiger partial charge in [0.05, 0.1) is 28.4 Å². The summed E-state index contributed by atoms with van der Waals surface area (Å²) in [6, 6.07) is 20.0. The number of ether oxygens (including phenoxy) is 1. The Labute approximate surface area is 240 Å². The highest BCUT2D eigenvalue weighted by atomic mass is 32.2. The fraction of sp³-hybridized carbons (Fsp3) is 0.333. The van der Waals surface area contributed by atoms with E-state index in [0.717, 1.165) is 34.9 Å². The van der Waals surface area contributed by atoms with E-state index in [4.69, 9.17) is 4.74 Å². The van der Waals surface area contributed by atoms with Crippen LogP contribution in [0.4, 0.5) is 11.4 Å².